The van der Waals surface area contributed by atoms with Crippen LogP contribution in [0.2, 0.25) is 0 Å². The molecular formula is C34H43N7O12. The van der Waals surface area contributed by atoms with E-state index in [9.17, 15) is 49.2 Å². The predicted octanol–water partition coefficient (Wildman–Crippen LogP) is -3.33. The average molecular weight is 742 g/mol. The lowest BCUT2D eigenvalue weighted by atomic mass is 9.99. The number of carbonyl (C=O) groups is 6. The Bertz CT molecular complexity index is 1780. The first kappa shape index (κ1) is 40.2. The molecule has 0 aliphatic carbocycles. The first-order chi connectivity index (χ1) is 25.2. The van der Waals surface area contributed by atoms with Gasteiger partial charge in [-0.2, -0.15) is 0 Å². The number of benzene rings is 2. The van der Waals surface area contributed by atoms with Gasteiger partial charge in [-0.3, -0.25) is 28.8 Å². The molecule has 8 atom stereocenters. The largest absolute Gasteiger partial charge is 0.462 e. The number of amides is 6. The minimum absolute atomic E-state index is 0.00517. The molecular weight excluding hydrogens is 698 g/mol. The molecule has 0 radical (unpaired) electrons. The van der Waals surface area contributed by atoms with Crippen molar-refractivity contribution >= 4 is 46.3 Å². The van der Waals surface area contributed by atoms with Gasteiger partial charge in [0.25, 0.3) is 5.91 Å². The third-order valence-electron chi connectivity index (χ3n) is 8.59. The van der Waals surface area contributed by atoms with Crippen LogP contribution in [0.15, 0.2) is 54.7 Å². The average Bonchev–Trinajstić information content (AvgIpc) is 3.54. The number of fused-ring (bicyclic) bond motifs is 1. The molecule has 1 saturated heterocycles. The molecule has 0 spiro atoms. The minimum Gasteiger partial charge on any atom is -0.462 e. The van der Waals surface area contributed by atoms with E-state index < -0.39 is 90.9 Å². The summed E-state index contributed by atoms with van der Waals surface area (Å²) in [5.41, 5.74) is 17.7. The molecule has 19 nitrogen and oxygen atoms in total. The summed E-state index contributed by atoms with van der Waals surface area (Å²) in [5.74, 6) is -4.93. The number of hydrogen-bond donors (Lipinski definition) is 11. The second-order valence-electron chi connectivity index (χ2n) is 12.5. The highest BCUT2D eigenvalue weighted by molar-refractivity contribution is 5.99. The number of para-hydroxylation sites is 1. The zero-order valence-electron chi connectivity index (χ0n) is 28.3. The summed E-state index contributed by atoms with van der Waals surface area (Å²) in [6.45, 7) is -0.662. The minimum atomic E-state index is -1.67. The van der Waals surface area contributed by atoms with Crippen LogP contribution in [-0.2, 0) is 35.1 Å². The lowest BCUT2D eigenvalue weighted by molar-refractivity contribution is -0.277. The molecule has 1 fully saturated rings. The van der Waals surface area contributed by atoms with Crippen molar-refractivity contribution in [2.45, 2.75) is 80.9 Å². The Balaban J connectivity index is 1.45. The van der Waals surface area contributed by atoms with Gasteiger partial charge >= 0.3 is 0 Å². The molecule has 6 amide bonds. The Morgan fingerprint density at radius 3 is 1.94 bits per heavy atom. The maximum absolute atomic E-state index is 13.5. The lowest BCUT2D eigenvalue weighted by Crippen LogP contribution is -2.60. The van der Waals surface area contributed by atoms with Crippen molar-refractivity contribution in [2.75, 3.05) is 6.61 Å². The van der Waals surface area contributed by atoms with Crippen LogP contribution in [0.4, 0.5) is 0 Å². The van der Waals surface area contributed by atoms with E-state index in [0.29, 0.717) is 5.56 Å². The quantitative estimate of drug-likeness (QED) is 0.0610. The molecule has 0 saturated carbocycles. The second kappa shape index (κ2) is 18.2. The Morgan fingerprint density at radius 1 is 0.774 bits per heavy atom. The first-order valence-corrected chi connectivity index (χ1v) is 16.6. The van der Waals surface area contributed by atoms with Crippen LogP contribution in [0.5, 0.6) is 5.75 Å². The van der Waals surface area contributed by atoms with Crippen LogP contribution in [0.25, 0.3) is 10.9 Å². The number of aliphatic hydroxyl groups excluding tert-OH is 4. The molecule has 2 heterocycles. The Hall–Kier alpha value is -5.60. The van der Waals surface area contributed by atoms with E-state index in [1.54, 1.807) is 12.3 Å². The number of ether oxygens (including phenoxy) is 2. The molecule has 53 heavy (non-hydrogen) atoms. The van der Waals surface area contributed by atoms with Gasteiger partial charge in [0.15, 0.2) is 0 Å². The highest BCUT2D eigenvalue weighted by Crippen LogP contribution is 2.25. The number of carbonyl (C=O) groups excluding carboxylic acids is 6. The summed E-state index contributed by atoms with van der Waals surface area (Å²) in [5, 5.41) is 47.8. The van der Waals surface area contributed by atoms with Crippen molar-refractivity contribution < 1.29 is 58.7 Å². The van der Waals surface area contributed by atoms with Crippen LogP contribution in [0.1, 0.15) is 41.6 Å². The van der Waals surface area contributed by atoms with Crippen LogP contribution in [0, 0.1) is 0 Å². The van der Waals surface area contributed by atoms with Crippen LogP contribution in [0.3, 0.4) is 0 Å². The monoisotopic (exact) mass is 741 g/mol. The number of primary amides is 3. The van der Waals surface area contributed by atoms with Crippen molar-refractivity contribution in [3.05, 3.63) is 65.9 Å². The number of aromatic amines is 1. The highest BCUT2D eigenvalue weighted by atomic mass is 16.7. The van der Waals surface area contributed by atoms with Gasteiger partial charge in [-0.1, -0.05) is 18.2 Å². The fourth-order valence-corrected chi connectivity index (χ4v) is 5.62. The van der Waals surface area contributed by atoms with E-state index in [-0.39, 0.29) is 43.4 Å². The molecule has 0 bridgehead atoms. The molecule has 2 aromatic carbocycles. The smallest absolute Gasteiger partial charge is 0.251 e. The van der Waals surface area contributed by atoms with E-state index in [1.165, 1.54) is 24.3 Å². The number of aliphatic hydroxyl groups is 4. The van der Waals surface area contributed by atoms with Crippen LogP contribution >= 0.6 is 0 Å². The summed E-state index contributed by atoms with van der Waals surface area (Å²) in [6, 6.07) is 8.43. The maximum Gasteiger partial charge on any atom is 0.251 e. The number of hydrogen-bond acceptors (Lipinski definition) is 12. The van der Waals surface area contributed by atoms with Gasteiger partial charge < -0.3 is 68.0 Å². The van der Waals surface area contributed by atoms with Gasteiger partial charge in [0.05, 0.1) is 6.61 Å². The van der Waals surface area contributed by atoms with Crippen LogP contribution < -0.4 is 37.9 Å². The maximum atomic E-state index is 13.5. The molecule has 1 aliphatic heterocycles. The molecule has 14 N–H and O–H groups in total. The van der Waals surface area contributed by atoms with Gasteiger partial charge in [-0.05, 0) is 48.7 Å². The predicted molar refractivity (Wildman–Crippen MR) is 184 cm³/mol. The summed E-state index contributed by atoms with van der Waals surface area (Å²) < 4.78 is 10.8. The standard InChI is InChI=1S/C34H43N7O12/c35-25(43)11-9-21(39-31(49)16-5-7-18(8-6-16)52-34-29(47)28(46)27(45)24(15-42)53-34)32(50)40-22(10-12-26(36)44)33(51)41-23(30(37)48)13-17-14-38-20-4-2-1-3-19(17)20/h1-8,14,21-24,27-29,34,38,42,45-47H,9-13,15H2,(H2,35,43)(H2,36,44)(H2,37,48)(H,39,49)(H,40,50)(H,41,51)/t21-,22-,23-,24+,27-,28-,29+,34+/m0/s1. The van der Waals surface area contributed by atoms with Gasteiger partial charge in [-0.15, -0.1) is 0 Å². The zero-order valence-corrected chi connectivity index (χ0v) is 28.3. The summed E-state index contributed by atoms with van der Waals surface area (Å²) in [6.07, 6.45) is -7.16. The van der Waals surface area contributed by atoms with Crippen molar-refractivity contribution in [1.29, 1.82) is 0 Å². The fraction of sp³-hybridized carbons (Fsp3) is 0.412. The summed E-state index contributed by atoms with van der Waals surface area (Å²) in [4.78, 5) is 78.9. The number of rotatable bonds is 18. The molecule has 0 unspecified atom stereocenters. The van der Waals surface area contributed by atoms with Crippen molar-refractivity contribution in [2.24, 2.45) is 17.2 Å². The molecule has 1 aromatic heterocycles. The van der Waals surface area contributed by atoms with E-state index in [4.69, 9.17) is 26.7 Å². The van der Waals surface area contributed by atoms with E-state index in [0.717, 1.165) is 10.9 Å². The Labute approximate surface area is 302 Å². The highest BCUT2D eigenvalue weighted by Gasteiger charge is 2.44. The van der Waals surface area contributed by atoms with E-state index in [2.05, 4.69) is 20.9 Å². The number of nitrogens with two attached hydrogens (primary N) is 3. The Morgan fingerprint density at radius 2 is 1.36 bits per heavy atom. The SMILES string of the molecule is NC(=O)CC[C@H](NC(=O)c1ccc(O[C@@H]2O[C@H](CO)[C@H](O)[C@H](O)[C@H]2O)cc1)C(=O)N[C@@H](CCC(N)=O)C(=O)N[C@@H](Cc1c[nH]c2ccccc12)C(N)=O. The Kier molecular flexibility index (Phi) is 13.8. The van der Waals surface area contributed by atoms with Gasteiger partial charge in [0, 0.05) is 41.9 Å². The number of aromatic nitrogens is 1. The van der Waals surface area contributed by atoms with Gasteiger partial charge in [0.2, 0.25) is 35.8 Å². The summed E-state index contributed by atoms with van der Waals surface area (Å²) >= 11 is 0. The van der Waals surface area contributed by atoms with Gasteiger partial charge in [0.1, 0.15) is 48.3 Å². The number of nitrogens with one attached hydrogen (secondary N) is 4. The van der Waals surface area contributed by atoms with Crippen molar-refractivity contribution in [3.63, 3.8) is 0 Å². The normalized spacial score (nSPS) is 21.5. The van der Waals surface area contributed by atoms with E-state index >= 15 is 0 Å². The van der Waals surface area contributed by atoms with E-state index in [1.807, 2.05) is 18.2 Å². The third kappa shape index (κ3) is 10.7. The third-order valence-corrected chi connectivity index (χ3v) is 8.59. The molecule has 1 aliphatic rings. The van der Waals surface area contributed by atoms with Crippen molar-refractivity contribution in [1.82, 2.24) is 20.9 Å². The molecule has 3 aromatic rings. The summed E-state index contributed by atoms with van der Waals surface area (Å²) in [7, 11) is 0. The van der Waals surface area contributed by atoms with Crippen molar-refractivity contribution in [3.8, 4) is 5.75 Å². The number of H-pyrrole nitrogens is 1. The molecule has 19 heteroatoms. The fourth-order valence-electron chi connectivity index (χ4n) is 5.62. The zero-order chi connectivity index (χ0) is 38.8. The van der Waals surface area contributed by atoms with Crippen LogP contribution in [-0.4, -0.2) is 116 Å². The molecule has 4 rings (SSSR count). The topological polar surface area (TPSA) is 332 Å². The van der Waals surface area contributed by atoms with Gasteiger partial charge in [-0.25, -0.2) is 0 Å². The molecule has 286 valence electrons. The lowest BCUT2D eigenvalue weighted by Gasteiger charge is -2.39. The second-order valence-corrected chi connectivity index (χ2v) is 12.5. The first-order valence-electron chi connectivity index (χ1n) is 16.6.